The number of rotatable bonds is 4. The molecule has 0 amide bonds. The second kappa shape index (κ2) is 6.02. The first-order chi connectivity index (χ1) is 8.28. The number of ether oxygens (including phenoxy) is 1. The summed E-state index contributed by atoms with van der Waals surface area (Å²) in [4.78, 5) is 0. The van der Waals surface area contributed by atoms with Crippen molar-refractivity contribution >= 4 is 22.6 Å². The lowest BCUT2D eigenvalue weighted by Crippen LogP contribution is -1.95. The van der Waals surface area contributed by atoms with E-state index >= 15 is 0 Å². The van der Waals surface area contributed by atoms with E-state index in [1.807, 2.05) is 48.5 Å². The largest absolute Gasteiger partial charge is 0.489 e. The zero-order chi connectivity index (χ0) is 12.1. The number of aliphatic hydroxyl groups excluding tert-OH is 1. The first-order valence-electron chi connectivity index (χ1n) is 5.35. The minimum atomic E-state index is 0.0814. The van der Waals surface area contributed by atoms with E-state index < -0.39 is 0 Å². The van der Waals surface area contributed by atoms with Crippen LogP contribution in [-0.4, -0.2) is 5.11 Å². The predicted octanol–water partition coefficient (Wildman–Crippen LogP) is 3.36. The summed E-state index contributed by atoms with van der Waals surface area (Å²) >= 11 is 2.26. The lowest BCUT2D eigenvalue weighted by Gasteiger charge is -2.07. The standard InChI is InChI=1S/C14H13IO2/c15-13-2-1-3-14(8-13)17-10-12-6-4-11(9-16)5-7-12/h1-8,16H,9-10H2. The van der Waals surface area contributed by atoms with Crippen molar-refractivity contribution in [3.63, 3.8) is 0 Å². The van der Waals surface area contributed by atoms with E-state index in [4.69, 9.17) is 9.84 Å². The van der Waals surface area contributed by atoms with Gasteiger partial charge in [-0.15, -0.1) is 0 Å². The summed E-state index contributed by atoms with van der Waals surface area (Å²) in [5.41, 5.74) is 2.02. The van der Waals surface area contributed by atoms with Gasteiger partial charge in [0, 0.05) is 3.57 Å². The van der Waals surface area contributed by atoms with E-state index in [1.54, 1.807) is 0 Å². The Labute approximate surface area is 114 Å². The van der Waals surface area contributed by atoms with E-state index in [0.717, 1.165) is 20.4 Å². The monoisotopic (exact) mass is 340 g/mol. The van der Waals surface area contributed by atoms with E-state index in [-0.39, 0.29) is 6.61 Å². The minimum Gasteiger partial charge on any atom is -0.489 e. The molecule has 0 unspecified atom stereocenters. The Balaban J connectivity index is 1.97. The average molecular weight is 340 g/mol. The van der Waals surface area contributed by atoms with Crippen LogP contribution in [0, 0.1) is 3.57 Å². The summed E-state index contributed by atoms with van der Waals surface area (Å²) in [6, 6.07) is 15.7. The van der Waals surface area contributed by atoms with Crippen LogP contribution in [-0.2, 0) is 13.2 Å². The van der Waals surface area contributed by atoms with Gasteiger partial charge in [0.1, 0.15) is 12.4 Å². The molecule has 0 aromatic heterocycles. The summed E-state index contributed by atoms with van der Waals surface area (Å²) in [6.07, 6.45) is 0. The highest BCUT2D eigenvalue weighted by Gasteiger charge is 1.97. The van der Waals surface area contributed by atoms with Crippen LogP contribution in [0.15, 0.2) is 48.5 Å². The first-order valence-corrected chi connectivity index (χ1v) is 6.43. The second-order valence-electron chi connectivity index (χ2n) is 3.72. The molecule has 2 rings (SSSR count). The Bertz CT molecular complexity index is 480. The SMILES string of the molecule is OCc1ccc(COc2cccc(I)c2)cc1. The molecule has 88 valence electrons. The Morgan fingerprint density at radius 3 is 2.35 bits per heavy atom. The van der Waals surface area contributed by atoms with Gasteiger partial charge in [0.2, 0.25) is 0 Å². The van der Waals surface area contributed by atoms with Crippen molar-refractivity contribution in [2.45, 2.75) is 13.2 Å². The lowest BCUT2D eigenvalue weighted by molar-refractivity contribution is 0.281. The molecule has 0 spiro atoms. The molecule has 0 aliphatic carbocycles. The van der Waals surface area contributed by atoms with Crippen molar-refractivity contribution in [1.82, 2.24) is 0 Å². The number of benzene rings is 2. The fourth-order valence-electron chi connectivity index (χ4n) is 1.46. The van der Waals surface area contributed by atoms with Gasteiger partial charge in [0.05, 0.1) is 6.61 Å². The van der Waals surface area contributed by atoms with Gasteiger partial charge in [-0.1, -0.05) is 30.3 Å². The fourth-order valence-corrected chi connectivity index (χ4v) is 1.98. The second-order valence-corrected chi connectivity index (χ2v) is 4.97. The maximum Gasteiger partial charge on any atom is 0.120 e. The van der Waals surface area contributed by atoms with E-state index in [2.05, 4.69) is 22.6 Å². The molecule has 1 N–H and O–H groups in total. The van der Waals surface area contributed by atoms with Gasteiger partial charge in [-0.2, -0.15) is 0 Å². The van der Waals surface area contributed by atoms with Crippen LogP contribution in [0.25, 0.3) is 0 Å². The van der Waals surface area contributed by atoms with Crippen molar-refractivity contribution in [2.24, 2.45) is 0 Å². The highest BCUT2D eigenvalue weighted by Crippen LogP contribution is 2.16. The smallest absolute Gasteiger partial charge is 0.120 e. The maximum absolute atomic E-state index is 8.93. The van der Waals surface area contributed by atoms with Crippen molar-refractivity contribution in [1.29, 1.82) is 0 Å². The molecule has 0 aliphatic heterocycles. The Hall–Kier alpha value is -1.07. The van der Waals surface area contributed by atoms with Gasteiger partial charge in [-0.05, 0) is 51.9 Å². The summed E-state index contributed by atoms with van der Waals surface area (Å²) < 4.78 is 6.84. The zero-order valence-corrected chi connectivity index (χ0v) is 11.4. The minimum absolute atomic E-state index is 0.0814. The molecule has 3 heteroatoms. The van der Waals surface area contributed by atoms with Crippen molar-refractivity contribution in [2.75, 3.05) is 0 Å². The van der Waals surface area contributed by atoms with Gasteiger partial charge in [0.15, 0.2) is 0 Å². The number of halogens is 1. The number of aliphatic hydroxyl groups is 1. The van der Waals surface area contributed by atoms with E-state index in [0.29, 0.717) is 6.61 Å². The van der Waals surface area contributed by atoms with Crippen LogP contribution in [0.5, 0.6) is 5.75 Å². The lowest BCUT2D eigenvalue weighted by atomic mass is 10.1. The van der Waals surface area contributed by atoms with Gasteiger partial charge in [-0.25, -0.2) is 0 Å². The molecule has 0 atom stereocenters. The number of hydrogen-bond donors (Lipinski definition) is 1. The first kappa shape index (κ1) is 12.4. The van der Waals surface area contributed by atoms with Gasteiger partial charge >= 0.3 is 0 Å². The van der Waals surface area contributed by atoms with Gasteiger partial charge in [0.25, 0.3) is 0 Å². The van der Waals surface area contributed by atoms with Gasteiger partial charge < -0.3 is 9.84 Å². The third-order valence-corrected chi connectivity index (χ3v) is 3.08. The molecule has 0 saturated carbocycles. The molecule has 2 aromatic carbocycles. The van der Waals surface area contributed by atoms with Crippen LogP contribution in [0.4, 0.5) is 0 Å². The molecule has 0 fully saturated rings. The topological polar surface area (TPSA) is 29.5 Å². The third kappa shape index (κ3) is 3.71. The van der Waals surface area contributed by atoms with E-state index in [1.165, 1.54) is 0 Å². The normalized spacial score (nSPS) is 10.2. The average Bonchev–Trinajstić information content (AvgIpc) is 2.37. The van der Waals surface area contributed by atoms with Crippen LogP contribution in [0.1, 0.15) is 11.1 Å². The molecule has 2 aromatic rings. The quantitative estimate of drug-likeness (QED) is 0.865. The third-order valence-electron chi connectivity index (χ3n) is 2.41. The fraction of sp³-hybridized carbons (Fsp3) is 0.143. The number of hydrogen-bond acceptors (Lipinski definition) is 2. The molecular formula is C14H13IO2. The highest BCUT2D eigenvalue weighted by atomic mass is 127. The van der Waals surface area contributed by atoms with Crippen molar-refractivity contribution in [3.05, 3.63) is 63.2 Å². The molecule has 0 heterocycles. The molecule has 0 aliphatic rings. The van der Waals surface area contributed by atoms with Crippen LogP contribution in [0.3, 0.4) is 0 Å². The predicted molar refractivity (Wildman–Crippen MR) is 75.9 cm³/mol. The van der Waals surface area contributed by atoms with E-state index in [9.17, 15) is 0 Å². The molecular weight excluding hydrogens is 327 g/mol. The van der Waals surface area contributed by atoms with Gasteiger partial charge in [-0.3, -0.25) is 0 Å². The highest BCUT2D eigenvalue weighted by molar-refractivity contribution is 14.1. The molecule has 17 heavy (non-hydrogen) atoms. The molecule has 0 saturated heterocycles. The summed E-state index contributed by atoms with van der Waals surface area (Å²) in [5, 5.41) is 8.93. The molecule has 0 radical (unpaired) electrons. The Morgan fingerprint density at radius 1 is 1.00 bits per heavy atom. The zero-order valence-electron chi connectivity index (χ0n) is 9.27. The van der Waals surface area contributed by atoms with Crippen LogP contribution in [0.2, 0.25) is 0 Å². The van der Waals surface area contributed by atoms with Crippen LogP contribution >= 0.6 is 22.6 Å². The van der Waals surface area contributed by atoms with Crippen molar-refractivity contribution in [3.8, 4) is 5.75 Å². The van der Waals surface area contributed by atoms with Crippen molar-refractivity contribution < 1.29 is 9.84 Å². The molecule has 0 bridgehead atoms. The summed E-state index contributed by atoms with van der Waals surface area (Å²) in [7, 11) is 0. The summed E-state index contributed by atoms with van der Waals surface area (Å²) in [5.74, 6) is 0.878. The van der Waals surface area contributed by atoms with Crippen LogP contribution < -0.4 is 4.74 Å². The Morgan fingerprint density at radius 2 is 1.71 bits per heavy atom. The Kier molecular flexibility index (Phi) is 4.39. The summed E-state index contributed by atoms with van der Waals surface area (Å²) in [6.45, 7) is 0.629. The molecule has 2 nitrogen and oxygen atoms in total. The maximum atomic E-state index is 8.93.